The summed E-state index contributed by atoms with van der Waals surface area (Å²) in [5, 5.41) is 12.2. The molecule has 60 valence electrons. The first kappa shape index (κ1) is 7.71. The molecular formula is C6H10N4O. The molecule has 0 saturated carbocycles. The summed E-state index contributed by atoms with van der Waals surface area (Å²) in [4.78, 5) is 11.0. The summed E-state index contributed by atoms with van der Waals surface area (Å²) in [5.41, 5.74) is 0.332. The lowest BCUT2D eigenvalue weighted by atomic mass is 10.4. The molecule has 0 spiro atoms. The van der Waals surface area contributed by atoms with E-state index in [9.17, 15) is 4.79 Å². The molecule has 0 aliphatic heterocycles. The number of hydrogen-bond donors (Lipinski definition) is 2. The predicted octanol–water partition coefficient (Wildman–Crippen LogP) is -0.0555. The van der Waals surface area contributed by atoms with E-state index in [1.165, 1.54) is 6.20 Å². The van der Waals surface area contributed by atoms with Crippen LogP contribution in [0.2, 0.25) is 0 Å². The van der Waals surface area contributed by atoms with E-state index in [1.54, 1.807) is 0 Å². The Morgan fingerprint density at radius 2 is 2.64 bits per heavy atom. The van der Waals surface area contributed by atoms with Gasteiger partial charge in [-0.3, -0.25) is 4.79 Å². The number of aromatic nitrogens is 3. The van der Waals surface area contributed by atoms with Gasteiger partial charge in [0.2, 0.25) is 0 Å². The lowest BCUT2D eigenvalue weighted by Gasteiger charge is -1.97. The van der Waals surface area contributed by atoms with Crippen molar-refractivity contribution in [1.82, 2.24) is 20.7 Å². The second-order valence-corrected chi connectivity index (χ2v) is 2.11. The third-order valence-corrected chi connectivity index (χ3v) is 1.18. The van der Waals surface area contributed by atoms with Crippen LogP contribution in [0.5, 0.6) is 0 Å². The lowest BCUT2D eigenvalue weighted by Crippen LogP contribution is -2.24. The van der Waals surface area contributed by atoms with Crippen molar-refractivity contribution in [2.45, 2.75) is 13.3 Å². The van der Waals surface area contributed by atoms with Crippen LogP contribution in [0.25, 0.3) is 0 Å². The second kappa shape index (κ2) is 3.70. The average molecular weight is 154 g/mol. The zero-order valence-electron chi connectivity index (χ0n) is 6.29. The van der Waals surface area contributed by atoms with Gasteiger partial charge in [0.25, 0.3) is 5.91 Å². The van der Waals surface area contributed by atoms with Gasteiger partial charge in [-0.15, -0.1) is 0 Å². The number of aromatic amines is 1. The molecule has 0 fully saturated rings. The van der Waals surface area contributed by atoms with Crippen molar-refractivity contribution in [3.05, 3.63) is 11.9 Å². The van der Waals surface area contributed by atoms with Gasteiger partial charge in [0.15, 0.2) is 5.69 Å². The third-order valence-electron chi connectivity index (χ3n) is 1.18. The summed E-state index contributed by atoms with van der Waals surface area (Å²) in [5.74, 6) is -0.180. The number of carbonyl (C=O) groups excluding carboxylic acids is 1. The Morgan fingerprint density at radius 3 is 3.18 bits per heavy atom. The molecule has 11 heavy (non-hydrogen) atoms. The molecule has 0 radical (unpaired) electrons. The number of carbonyl (C=O) groups is 1. The fourth-order valence-corrected chi connectivity index (χ4v) is 0.640. The Labute approximate surface area is 64.2 Å². The highest BCUT2D eigenvalue weighted by atomic mass is 16.1. The van der Waals surface area contributed by atoms with Gasteiger partial charge in [0.05, 0.1) is 6.20 Å². The van der Waals surface area contributed by atoms with Gasteiger partial charge < -0.3 is 5.32 Å². The third kappa shape index (κ3) is 2.03. The smallest absolute Gasteiger partial charge is 0.273 e. The highest BCUT2D eigenvalue weighted by molar-refractivity contribution is 5.91. The molecule has 1 heterocycles. The van der Waals surface area contributed by atoms with Crippen LogP contribution >= 0.6 is 0 Å². The number of amides is 1. The first-order valence-corrected chi connectivity index (χ1v) is 3.48. The molecule has 5 heteroatoms. The first-order chi connectivity index (χ1) is 5.34. The Kier molecular flexibility index (Phi) is 2.59. The average Bonchev–Trinajstić information content (AvgIpc) is 2.52. The lowest BCUT2D eigenvalue weighted by molar-refractivity contribution is 0.0948. The van der Waals surface area contributed by atoms with Gasteiger partial charge in [0, 0.05) is 6.54 Å². The maximum absolute atomic E-state index is 11.0. The van der Waals surface area contributed by atoms with Crippen molar-refractivity contribution in [2.24, 2.45) is 0 Å². The van der Waals surface area contributed by atoms with Crippen molar-refractivity contribution in [3.63, 3.8) is 0 Å². The minimum Gasteiger partial charge on any atom is -0.351 e. The van der Waals surface area contributed by atoms with E-state index in [0.29, 0.717) is 12.2 Å². The van der Waals surface area contributed by atoms with Crippen LogP contribution in [0, 0.1) is 0 Å². The zero-order chi connectivity index (χ0) is 8.10. The van der Waals surface area contributed by atoms with E-state index in [-0.39, 0.29) is 5.91 Å². The Bertz CT molecular complexity index is 218. The van der Waals surface area contributed by atoms with Crippen LogP contribution in [-0.4, -0.2) is 27.9 Å². The summed E-state index contributed by atoms with van der Waals surface area (Å²) in [6.07, 6.45) is 2.31. The van der Waals surface area contributed by atoms with Crippen molar-refractivity contribution in [3.8, 4) is 0 Å². The maximum atomic E-state index is 11.0. The minimum absolute atomic E-state index is 0.180. The van der Waals surface area contributed by atoms with E-state index in [1.807, 2.05) is 6.92 Å². The number of hydrogen-bond acceptors (Lipinski definition) is 3. The molecular weight excluding hydrogens is 144 g/mol. The summed E-state index contributed by atoms with van der Waals surface area (Å²) < 4.78 is 0. The molecule has 0 saturated heterocycles. The SMILES string of the molecule is CCCNC(=O)c1cn[nH]n1. The van der Waals surface area contributed by atoms with Crippen LogP contribution in [0.15, 0.2) is 6.20 Å². The number of nitrogens with one attached hydrogen (secondary N) is 2. The van der Waals surface area contributed by atoms with Crippen LogP contribution in [0.4, 0.5) is 0 Å². The summed E-state index contributed by atoms with van der Waals surface area (Å²) in [6, 6.07) is 0. The van der Waals surface area contributed by atoms with Crippen molar-refractivity contribution >= 4 is 5.91 Å². The summed E-state index contributed by atoms with van der Waals surface area (Å²) in [7, 11) is 0. The number of H-pyrrole nitrogens is 1. The van der Waals surface area contributed by atoms with E-state index in [0.717, 1.165) is 6.42 Å². The van der Waals surface area contributed by atoms with Crippen LogP contribution in [0.1, 0.15) is 23.8 Å². The van der Waals surface area contributed by atoms with E-state index < -0.39 is 0 Å². The standard InChI is InChI=1S/C6H10N4O/c1-2-3-7-6(11)5-4-8-10-9-5/h4H,2-3H2,1H3,(H,7,11)(H,8,9,10). The molecule has 1 aromatic heterocycles. The van der Waals surface area contributed by atoms with E-state index in [2.05, 4.69) is 20.7 Å². The van der Waals surface area contributed by atoms with Crippen molar-refractivity contribution < 1.29 is 4.79 Å². The van der Waals surface area contributed by atoms with Gasteiger partial charge >= 0.3 is 0 Å². The Hall–Kier alpha value is -1.39. The van der Waals surface area contributed by atoms with Gasteiger partial charge in [0.1, 0.15) is 0 Å². The molecule has 5 nitrogen and oxygen atoms in total. The highest BCUT2D eigenvalue weighted by Crippen LogP contribution is 1.87. The molecule has 2 N–H and O–H groups in total. The zero-order valence-corrected chi connectivity index (χ0v) is 6.29. The number of rotatable bonds is 3. The monoisotopic (exact) mass is 154 g/mol. The van der Waals surface area contributed by atoms with Crippen LogP contribution < -0.4 is 5.32 Å². The van der Waals surface area contributed by atoms with Crippen LogP contribution in [-0.2, 0) is 0 Å². The minimum atomic E-state index is -0.180. The molecule has 0 bridgehead atoms. The van der Waals surface area contributed by atoms with Gasteiger partial charge in [-0.05, 0) is 6.42 Å². The molecule has 1 rings (SSSR count). The quantitative estimate of drug-likeness (QED) is 0.641. The number of nitrogens with zero attached hydrogens (tertiary/aromatic N) is 2. The fraction of sp³-hybridized carbons (Fsp3) is 0.500. The molecule has 0 aliphatic carbocycles. The largest absolute Gasteiger partial charge is 0.351 e. The van der Waals surface area contributed by atoms with Gasteiger partial charge in [-0.1, -0.05) is 6.92 Å². The highest BCUT2D eigenvalue weighted by Gasteiger charge is 2.05. The predicted molar refractivity (Wildman–Crippen MR) is 39.0 cm³/mol. The van der Waals surface area contributed by atoms with Gasteiger partial charge in [-0.2, -0.15) is 15.4 Å². The molecule has 1 amide bonds. The molecule has 0 aromatic carbocycles. The molecule has 1 aromatic rings. The van der Waals surface area contributed by atoms with Crippen LogP contribution in [0.3, 0.4) is 0 Å². The fourth-order valence-electron chi connectivity index (χ4n) is 0.640. The topological polar surface area (TPSA) is 70.7 Å². The van der Waals surface area contributed by atoms with Gasteiger partial charge in [-0.25, -0.2) is 0 Å². The maximum Gasteiger partial charge on any atom is 0.273 e. The molecule has 0 atom stereocenters. The summed E-state index contributed by atoms with van der Waals surface area (Å²) in [6.45, 7) is 2.66. The molecule has 0 aliphatic rings. The molecule has 0 unspecified atom stereocenters. The second-order valence-electron chi connectivity index (χ2n) is 2.11. The Morgan fingerprint density at radius 1 is 1.82 bits per heavy atom. The van der Waals surface area contributed by atoms with E-state index in [4.69, 9.17) is 0 Å². The summed E-state index contributed by atoms with van der Waals surface area (Å²) >= 11 is 0. The normalized spacial score (nSPS) is 9.55. The van der Waals surface area contributed by atoms with E-state index >= 15 is 0 Å². The Balaban J connectivity index is 2.43. The van der Waals surface area contributed by atoms with Crippen molar-refractivity contribution in [2.75, 3.05) is 6.54 Å². The van der Waals surface area contributed by atoms with Crippen molar-refractivity contribution in [1.29, 1.82) is 0 Å². The first-order valence-electron chi connectivity index (χ1n) is 3.48.